The van der Waals surface area contributed by atoms with E-state index in [4.69, 9.17) is 15.2 Å². The standard InChI is InChI=1S/C33H19N3S2/c34-20-21-9-11-22(12-10-21)23-13-15-24(16-14-23)25-17-26(32-35-28-5-1-3-7-30(28)37-32)19-27(18-25)33-36-29-6-2-4-8-31(29)38-33/h1-19H. The van der Waals surface area contributed by atoms with E-state index in [2.05, 4.69) is 84.9 Å². The number of nitrogens with zero attached hydrogens (tertiary/aromatic N) is 3. The van der Waals surface area contributed by atoms with Gasteiger partial charge >= 0.3 is 0 Å². The molecule has 0 saturated carbocycles. The van der Waals surface area contributed by atoms with Gasteiger partial charge in [0, 0.05) is 11.1 Å². The molecule has 7 rings (SSSR count). The van der Waals surface area contributed by atoms with Crippen LogP contribution < -0.4 is 0 Å². The summed E-state index contributed by atoms with van der Waals surface area (Å²) in [5.41, 5.74) is 9.36. The van der Waals surface area contributed by atoms with E-state index in [-0.39, 0.29) is 0 Å². The Morgan fingerprint density at radius 2 is 0.895 bits per heavy atom. The minimum absolute atomic E-state index is 0.666. The molecule has 5 heteroatoms. The Morgan fingerprint density at radius 1 is 0.474 bits per heavy atom. The minimum atomic E-state index is 0.666. The highest BCUT2D eigenvalue weighted by Gasteiger charge is 2.14. The lowest BCUT2D eigenvalue weighted by Gasteiger charge is -2.09. The van der Waals surface area contributed by atoms with E-state index in [0.717, 1.165) is 54.4 Å². The summed E-state index contributed by atoms with van der Waals surface area (Å²) in [6.45, 7) is 0. The molecule has 0 aliphatic rings. The minimum Gasteiger partial charge on any atom is -0.236 e. The molecule has 0 spiro atoms. The van der Waals surface area contributed by atoms with Gasteiger partial charge in [-0.1, -0.05) is 60.7 Å². The van der Waals surface area contributed by atoms with E-state index in [1.54, 1.807) is 22.7 Å². The van der Waals surface area contributed by atoms with E-state index in [9.17, 15) is 0 Å². The summed E-state index contributed by atoms with van der Waals surface area (Å²) in [5.74, 6) is 0. The van der Waals surface area contributed by atoms with Crippen molar-refractivity contribution in [1.82, 2.24) is 9.97 Å². The van der Waals surface area contributed by atoms with Crippen molar-refractivity contribution in [2.45, 2.75) is 0 Å². The van der Waals surface area contributed by atoms with E-state index in [1.165, 1.54) is 9.40 Å². The fourth-order valence-electron chi connectivity index (χ4n) is 4.62. The summed E-state index contributed by atoms with van der Waals surface area (Å²) in [6, 6.07) is 41.7. The first-order valence-corrected chi connectivity index (χ1v) is 13.8. The van der Waals surface area contributed by atoms with E-state index < -0.39 is 0 Å². The van der Waals surface area contributed by atoms with Gasteiger partial charge in [0.05, 0.1) is 32.1 Å². The first-order chi connectivity index (χ1) is 18.7. The number of fused-ring (bicyclic) bond motifs is 2. The number of nitriles is 1. The van der Waals surface area contributed by atoms with Gasteiger partial charge in [0.1, 0.15) is 10.0 Å². The quantitative estimate of drug-likeness (QED) is 0.232. The fraction of sp³-hybridized carbons (Fsp3) is 0. The van der Waals surface area contributed by atoms with E-state index >= 15 is 0 Å². The van der Waals surface area contributed by atoms with Gasteiger partial charge in [0.25, 0.3) is 0 Å². The Hall–Kier alpha value is -4.63. The second kappa shape index (κ2) is 9.35. The van der Waals surface area contributed by atoms with Gasteiger partial charge in [0.2, 0.25) is 0 Å². The second-order valence-electron chi connectivity index (χ2n) is 9.04. The number of hydrogen-bond acceptors (Lipinski definition) is 5. The SMILES string of the molecule is N#Cc1ccc(-c2ccc(-c3cc(-c4nc5ccccc5s4)cc(-c4nc5ccccc5s4)c3)cc2)cc1. The first kappa shape index (κ1) is 22.6. The zero-order valence-corrected chi connectivity index (χ0v) is 21.8. The molecule has 3 nitrogen and oxygen atoms in total. The van der Waals surface area contributed by atoms with Gasteiger partial charge in [-0.2, -0.15) is 5.26 Å². The monoisotopic (exact) mass is 521 g/mol. The van der Waals surface area contributed by atoms with Crippen molar-refractivity contribution < 1.29 is 0 Å². The molecule has 5 aromatic carbocycles. The van der Waals surface area contributed by atoms with Gasteiger partial charge in [-0.15, -0.1) is 22.7 Å². The average molecular weight is 522 g/mol. The van der Waals surface area contributed by atoms with Crippen LogP contribution in [0.15, 0.2) is 115 Å². The number of hydrogen-bond donors (Lipinski definition) is 0. The molecule has 0 aliphatic heterocycles. The molecular formula is C33H19N3S2. The van der Waals surface area contributed by atoms with Crippen molar-refractivity contribution in [3.8, 4) is 49.5 Å². The van der Waals surface area contributed by atoms with Crippen molar-refractivity contribution in [2.24, 2.45) is 0 Å². The first-order valence-electron chi connectivity index (χ1n) is 12.2. The molecule has 2 heterocycles. The molecule has 0 radical (unpaired) electrons. The number of rotatable bonds is 4. The van der Waals surface area contributed by atoms with Gasteiger partial charge in [-0.3, -0.25) is 0 Å². The summed E-state index contributed by atoms with van der Waals surface area (Å²) in [4.78, 5) is 9.88. The molecule has 2 aromatic heterocycles. The maximum absolute atomic E-state index is 9.10. The Balaban J connectivity index is 1.34. The van der Waals surface area contributed by atoms with Crippen molar-refractivity contribution >= 4 is 43.1 Å². The normalized spacial score (nSPS) is 11.1. The van der Waals surface area contributed by atoms with Crippen LogP contribution in [0.5, 0.6) is 0 Å². The topological polar surface area (TPSA) is 49.6 Å². The van der Waals surface area contributed by atoms with Crippen LogP contribution in [0.2, 0.25) is 0 Å². The Bertz CT molecular complexity index is 1820. The van der Waals surface area contributed by atoms with Crippen molar-refractivity contribution in [1.29, 1.82) is 5.26 Å². The number of thiazole rings is 2. The van der Waals surface area contributed by atoms with E-state index in [1.807, 2.05) is 36.4 Å². The Labute approximate surface area is 228 Å². The highest BCUT2D eigenvalue weighted by atomic mass is 32.1. The summed E-state index contributed by atoms with van der Waals surface area (Å²) < 4.78 is 2.36. The molecule has 178 valence electrons. The maximum Gasteiger partial charge on any atom is 0.124 e. The highest BCUT2D eigenvalue weighted by molar-refractivity contribution is 7.22. The van der Waals surface area contributed by atoms with Gasteiger partial charge in [0.15, 0.2) is 0 Å². The van der Waals surface area contributed by atoms with E-state index in [0.29, 0.717) is 5.56 Å². The Kier molecular flexibility index (Phi) is 5.55. The van der Waals surface area contributed by atoms with Crippen LogP contribution in [0.4, 0.5) is 0 Å². The van der Waals surface area contributed by atoms with Gasteiger partial charge < -0.3 is 0 Å². The summed E-state index contributed by atoms with van der Waals surface area (Å²) >= 11 is 3.43. The summed E-state index contributed by atoms with van der Waals surface area (Å²) in [7, 11) is 0. The van der Waals surface area contributed by atoms with Crippen LogP contribution in [0, 0.1) is 11.3 Å². The molecule has 0 bridgehead atoms. The van der Waals surface area contributed by atoms with Crippen molar-refractivity contribution in [3.63, 3.8) is 0 Å². The molecule has 7 aromatic rings. The predicted octanol–water partition coefficient (Wildman–Crippen LogP) is 9.45. The maximum atomic E-state index is 9.10. The third kappa shape index (κ3) is 4.16. The lowest BCUT2D eigenvalue weighted by Crippen LogP contribution is -1.86. The average Bonchev–Trinajstić information content (AvgIpc) is 3.62. The van der Waals surface area contributed by atoms with Gasteiger partial charge in [-0.25, -0.2) is 9.97 Å². The van der Waals surface area contributed by atoms with Crippen LogP contribution in [0.3, 0.4) is 0 Å². The molecule has 0 atom stereocenters. The van der Waals surface area contributed by atoms with Crippen LogP contribution in [-0.2, 0) is 0 Å². The van der Waals surface area contributed by atoms with Crippen LogP contribution in [-0.4, -0.2) is 9.97 Å². The molecule has 38 heavy (non-hydrogen) atoms. The van der Waals surface area contributed by atoms with Gasteiger partial charge in [-0.05, 0) is 76.9 Å². The zero-order chi connectivity index (χ0) is 25.5. The summed E-state index contributed by atoms with van der Waals surface area (Å²) in [6.07, 6.45) is 0. The van der Waals surface area contributed by atoms with Crippen LogP contribution in [0.25, 0.3) is 63.8 Å². The third-order valence-electron chi connectivity index (χ3n) is 6.58. The van der Waals surface area contributed by atoms with Crippen LogP contribution in [0.1, 0.15) is 5.56 Å². The second-order valence-corrected chi connectivity index (χ2v) is 11.1. The molecule has 0 aliphatic carbocycles. The highest BCUT2D eigenvalue weighted by Crippen LogP contribution is 2.38. The lowest BCUT2D eigenvalue weighted by molar-refractivity contribution is 1.45. The molecule has 0 unspecified atom stereocenters. The molecule has 0 fully saturated rings. The smallest absolute Gasteiger partial charge is 0.124 e. The Morgan fingerprint density at radius 3 is 1.37 bits per heavy atom. The van der Waals surface area contributed by atoms with Crippen LogP contribution >= 0.6 is 22.7 Å². The molecule has 0 amide bonds. The number of aromatic nitrogens is 2. The molecule has 0 saturated heterocycles. The number of para-hydroxylation sites is 2. The zero-order valence-electron chi connectivity index (χ0n) is 20.1. The van der Waals surface area contributed by atoms with Crippen molar-refractivity contribution in [3.05, 3.63) is 121 Å². The molecular weight excluding hydrogens is 503 g/mol. The molecule has 0 N–H and O–H groups in total. The summed E-state index contributed by atoms with van der Waals surface area (Å²) in [5, 5.41) is 11.1. The third-order valence-corrected chi connectivity index (χ3v) is 8.75. The number of benzene rings is 5. The lowest BCUT2D eigenvalue weighted by atomic mass is 9.97. The van der Waals surface area contributed by atoms with Crippen molar-refractivity contribution in [2.75, 3.05) is 0 Å². The predicted molar refractivity (Wildman–Crippen MR) is 159 cm³/mol. The fourth-order valence-corrected chi connectivity index (χ4v) is 6.53. The largest absolute Gasteiger partial charge is 0.236 e.